The number of alkyl halides is 1. The van der Waals surface area contributed by atoms with Crippen LogP contribution in [0, 0.1) is 0 Å². The Morgan fingerprint density at radius 3 is 3.07 bits per heavy atom. The molecule has 1 rings (SSSR count). The van der Waals surface area contributed by atoms with Gasteiger partial charge in [0.1, 0.15) is 0 Å². The van der Waals surface area contributed by atoms with Crippen LogP contribution in [0.1, 0.15) is 18.2 Å². The molecule has 0 spiro atoms. The maximum atomic E-state index is 11.5. The first kappa shape index (κ1) is 11.7. The van der Waals surface area contributed by atoms with E-state index >= 15 is 0 Å². The largest absolute Gasteiger partial charge is 0.353 e. The summed E-state index contributed by atoms with van der Waals surface area (Å²) < 4.78 is 0. The molecule has 0 aliphatic carbocycles. The predicted molar refractivity (Wildman–Crippen MR) is 64.0 cm³/mol. The zero-order chi connectivity index (χ0) is 10.4. The van der Waals surface area contributed by atoms with Crippen molar-refractivity contribution in [3.05, 3.63) is 22.4 Å². The van der Waals surface area contributed by atoms with E-state index in [1.165, 1.54) is 0 Å². The van der Waals surface area contributed by atoms with Crippen LogP contribution in [0.5, 0.6) is 0 Å². The standard InChI is InChI=1S/C10H14BrNOS/c1-8(4-5-11)12-10(13)7-9-3-2-6-14-9/h2-3,6,8H,4-5,7H2,1H3,(H,12,13). The molecule has 4 heteroatoms. The van der Waals surface area contributed by atoms with Gasteiger partial charge >= 0.3 is 0 Å². The maximum absolute atomic E-state index is 11.5. The number of rotatable bonds is 5. The average Bonchev–Trinajstić information content (AvgIpc) is 2.56. The van der Waals surface area contributed by atoms with E-state index in [-0.39, 0.29) is 11.9 Å². The lowest BCUT2D eigenvalue weighted by Gasteiger charge is -2.11. The lowest BCUT2D eigenvalue weighted by atomic mass is 10.2. The summed E-state index contributed by atoms with van der Waals surface area (Å²) in [5, 5.41) is 5.87. The quantitative estimate of drug-likeness (QED) is 0.823. The number of carbonyl (C=O) groups is 1. The van der Waals surface area contributed by atoms with Crippen molar-refractivity contribution in [2.24, 2.45) is 0 Å². The molecule has 0 saturated carbocycles. The Balaban J connectivity index is 2.29. The first-order valence-electron chi connectivity index (χ1n) is 4.60. The topological polar surface area (TPSA) is 29.1 Å². The van der Waals surface area contributed by atoms with Crippen molar-refractivity contribution in [3.8, 4) is 0 Å². The molecular weight excluding hydrogens is 262 g/mol. The van der Waals surface area contributed by atoms with Gasteiger partial charge in [-0.15, -0.1) is 11.3 Å². The highest BCUT2D eigenvalue weighted by atomic mass is 79.9. The molecule has 0 aliphatic heterocycles. The maximum Gasteiger partial charge on any atom is 0.225 e. The number of amides is 1. The molecule has 1 amide bonds. The SMILES string of the molecule is CC(CCBr)NC(=O)Cc1cccs1. The van der Waals surface area contributed by atoms with Gasteiger partial charge in [-0.25, -0.2) is 0 Å². The van der Waals surface area contributed by atoms with E-state index in [0.29, 0.717) is 6.42 Å². The Labute approximate surface area is 96.8 Å². The normalized spacial score (nSPS) is 12.4. The van der Waals surface area contributed by atoms with E-state index in [0.717, 1.165) is 16.6 Å². The molecule has 0 aliphatic rings. The highest BCUT2D eigenvalue weighted by Gasteiger charge is 2.07. The fraction of sp³-hybridized carbons (Fsp3) is 0.500. The Morgan fingerprint density at radius 1 is 1.71 bits per heavy atom. The Kier molecular flexibility index (Phi) is 5.19. The molecule has 0 saturated heterocycles. The molecule has 1 aromatic rings. The number of nitrogens with one attached hydrogen (secondary N) is 1. The van der Waals surface area contributed by atoms with Gasteiger partial charge in [-0.1, -0.05) is 22.0 Å². The summed E-state index contributed by atoms with van der Waals surface area (Å²) in [6.45, 7) is 2.02. The first-order valence-corrected chi connectivity index (χ1v) is 6.60. The third-order valence-electron chi connectivity index (χ3n) is 1.86. The van der Waals surface area contributed by atoms with Crippen LogP contribution in [0.2, 0.25) is 0 Å². The van der Waals surface area contributed by atoms with Crippen molar-refractivity contribution in [1.29, 1.82) is 0 Å². The van der Waals surface area contributed by atoms with E-state index < -0.39 is 0 Å². The molecule has 1 heterocycles. The number of hydrogen-bond donors (Lipinski definition) is 1. The fourth-order valence-corrected chi connectivity index (χ4v) is 2.52. The number of hydrogen-bond acceptors (Lipinski definition) is 2. The zero-order valence-corrected chi connectivity index (χ0v) is 10.5. The third-order valence-corrected chi connectivity index (χ3v) is 3.20. The van der Waals surface area contributed by atoms with Crippen molar-refractivity contribution >= 4 is 33.2 Å². The highest BCUT2D eigenvalue weighted by Crippen LogP contribution is 2.09. The second-order valence-corrected chi connectivity index (χ2v) is 5.03. The number of thiophene rings is 1. The van der Waals surface area contributed by atoms with Gasteiger partial charge in [-0.05, 0) is 24.8 Å². The molecule has 1 aromatic heterocycles. The molecule has 0 fully saturated rings. The smallest absolute Gasteiger partial charge is 0.225 e. The average molecular weight is 276 g/mol. The molecule has 0 aromatic carbocycles. The third kappa shape index (κ3) is 4.24. The van der Waals surface area contributed by atoms with Gasteiger partial charge in [0.05, 0.1) is 6.42 Å². The minimum atomic E-state index is 0.112. The van der Waals surface area contributed by atoms with E-state index in [1.54, 1.807) is 11.3 Å². The van der Waals surface area contributed by atoms with Gasteiger partial charge in [-0.3, -0.25) is 4.79 Å². The van der Waals surface area contributed by atoms with Gasteiger partial charge in [0, 0.05) is 16.2 Å². The van der Waals surface area contributed by atoms with E-state index in [1.807, 2.05) is 24.4 Å². The molecule has 1 unspecified atom stereocenters. The Bertz CT molecular complexity index is 274. The number of halogens is 1. The lowest BCUT2D eigenvalue weighted by molar-refractivity contribution is -0.121. The second kappa shape index (κ2) is 6.19. The van der Waals surface area contributed by atoms with Gasteiger partial charge in [0.2, 0.25) is 5.91 Å². The first-order chi connectivity index (χ1) is 6.72. The minimum absolute atomic E-state index is 0.112. The summed E-state index contributed by atoms with van der Waals surface area (Å²) in [5.41, 5.74) is 0. The van der Waals surface area contributed by atoms with Crippen LogP contribution in [0.25, 0.3) is 0 Å². The van der Waals surface area contributed by atoms with Gasteiger partial charge in [0.15, 0.2) is 0 Å². The van der Waals surface area contributed by atoms with Crippen molar-refractivity contribution in [2.45, 2.75) is 25.8 Å². The summed E-state index contributed by atoms with van der Waals surface area (Å²) >= 11 is 4.97. The Morgan fingerprint density at radius 2 is 2.50 bits per heavy atom. The van der Waals surface area contributed by atoms with Crippen LogP contribution >= 0.6 is 27.3 Å². The molecule has 0 radical (unpaired) electrons. The zero-order valence-electron chi connectivity index (χ0n) is 8.13. The lowest BCUT2D eigenvalue weighted by Crippen LogP contribution is -2.33. The van der Waals surface area contributed by atoms with Crippen molar-refractivity contribution < 1.29 is 4.79 Å². The summed E-state index contributed by atoms with van der Waals surface area (Å²) in [7, 11) is 0. The summed E-state index contributed by atoms with van der Waals surface area (Å²) in [4.78, 5) is 12.6. The van der Waals surface area contributed by atoms with Crippen molar-refractivity contribution in [1.82, 2.24) is 5.32 Å². The fourth-order valence-electron chi connectivity index (χ4n) is 1.13. The van der Waals surface area contributed by atoms with Gasteiger partial charge < -0.3 is 5.32 Å². The molecule has 14 heavy (non-hydrogen) atoms. The predicted octanol–water partition coefficient (Wildman–Crippen LogP) is 2.58. The summed E-state index contributed by atoms with van der Waals surface area (Å²) in [6.07, 6.45) is 1.47. The second-order valence-electron chi connectivity index (χ2n) is 3.20. The molecule has 1 N–H and O–H groups in total. The van der Waals surface area contributed by atoms with E-state index in [9.17, 15) is 4.79 Å². The van der Waals surface area contributed by atoms with Gasteiger partial charge in [-0.2, -0.15) is 0 Å². The summed E-state index contributed by atoms with van der Waals surface area (Å²) in [6, 6.07) is 4.20. The van der Waals surface area contributed by atoms with Crippen LogP contribution in [-0.4, -0.2) is 17.3 Å². The molecule has 78 valence electrons. The molecule has 1 atom stereocenters. The van der Waals surface area contributed by atoms with E-state index in [2.05, 4.69) is 21.2 Å². The monoisotopic (exact) mass is 275 g/mol. The minimum Gasteiger partial charge on any atom is -0.353 e. The van der Waals surface area contributed by atoms with E-state index in [4.69, 9.17) is 0 Å². The van der Waals surface area contributed by atoms with Crippen molar-refractivity contribution in [2.75, 3.05) is 5.33 Å². The highest BCUT2D eigenvalue weighted by molar-refractivity contribution is 9.09. The van der Waals surface area contributed by atoms with Crippen LogP contribution in [0.3, 0.4) is 0 Å². The molecular formula is C10H14BrNOS. The molecule has 0 bridgehead atoms. The van der Waals surface area contributed by atoms with Crippen LogP contribution in [0.15, 0.2) is 17.5 Å². The van der Waals surface area contributed by atoms with Crippen molar-refractivity contribution in [3.63, 3.8) is 0 Å². The van der Waals surface area contributed by atoms with Crippen LogP contribution in [-0.2, 0) is 11.2 Å². The summed E-state index contributed by atoms with van der Waals surface area (Å²) in [5.74, 6) is 0.112. The molecule has 2 nitrogen and oxygen atoms in total. The van der Waals surface area contributed by atoms with Crippen LogP contribution < -0.4 is 5.32 Å². The Hall–Kier alpha value is -0.350. The van der Waals surface area contributed by atoms with Crippen LogP contribution in [0.4, 0.5) is 0 Å². The van der Waals surface area contributed by atoms with Gasteiger partial charge in [0.25, 0.3) is 0 Å². The number of carbonyl (C=O) groups excluding carboxylic acids is 1.